The van der Waals surface area contributed by atoms with Crippen molar-refractivity contribution in [2.75, 3.05) is 6.61 Å². The first-order chi connectivity index (χ1) is 15.1. The largest absolute Gasteiger partial charge is 0.489 e. The van der Waals surface area contributed by atoms with Gasteiger partial charge in [0.2, 0.25) is 0 Å². The molecule has 1 aromatic heterocycles. The van der Waals surface area contributed by atoms with Gasteiger partial charge in [-0.1, -0.05) is 43.0 Å². The van der Waals surface area contributed by atoms with E-state index in [1.54, 1.807) is 37.5 Å². The zero-order valence-electron chi connectivity index (χ0n) is 17.7. The second kappa shape index (κ2) is 11.2. The summed E-state index contributed by atoms with van der Waals surface area (Å²) in [5, 5.41) is 9.27. The second-order valence-corrected chi connectivity index (χ2v) is 7.33. The van der Waals surface area contributed by atoms with Gasteiger partial charge in [0.25, 0.3) is 0 Å². The summed E-state index contributed by atoms with van der Waals surface area (Å²) in [7, 11) is 0. The summed E-state index contributed by atoms with van der Waals surface area (Å²) in [5.74, 6) is 0.799. The van der Waals surface area contributed by atoms with Crippen LogP contribution in [-0.4, -0.2) is 27.8 Å². The molecular weight excluding hydrogens is 391 g/mol. The Kier molecular flexibility index (Phi) is 8.07. The van der Waals surface area contributed by atoms with Crippen LogP contribution in [0.4, 0.5) is 4.39 Å². The van der Waals surface area contributed by atoms with Crippen LogP contribution in [0.2, 0.25) is 0 Å². The molecule has 31 heavy (non-hydrogen) atoms. The molecular formula is C26H27FN2O2. The molecule has 4 nitrogen and oxygen atoms in total. The molecule has 1 unspecified atom stereocenters. The lowest BCUT2D eigenvalue weighted by atomic mass is 10.0. The number of rotatable bonds is 10. The zero-order chi connectivity index (χ0) is 22.1. The van der Waals surface area contributed by atoms with Crippen LogP contribution >= 0.6 is 0 Å². The summed E-state index contributed by atoms with van der Waals surface area (Å²) in [4.78, 5) is 8.78. The molecule has 0 saturated carbocycles. The molecule has 0 aliphatic rings. The van der Waals surface area contributed by atoms with E-state index in [1.165, 1.54) is 6.07 Å². The van der Waals surface area contributed by atoms with Crippen LogP contribution in [0, 0.1) is 5.82 Å². The molecule has 0 aliphatic heterocycles. The van der Waals surface area contributed by atoms with E-state index in [2.05, 4.69) is 16.5 Å². The van der Waals surface area contributed by atoms with Crippen molar-refractivity contribution in [1.82, 2.24) is 9.97 Å². The maximum atomic E-state index is 14.5. The molecule has 2 aromatic carbocycles. The standard InChI is InChI=1S/C26H27FN2O2/c1-3-15-31-23-13-14-24(25(27)16-23)21-11-9-20(10-12-21)22-17-28-26(29-18-22)8-6-4-5-7-19(2)30/h3,6,8-14,16-19,30H,1,4-5,7,15H2,2H3/b8-6+. The Morgan fingerprint density at radius 1 is 1.06 bits per heavy atom. The highest BCUT2D eigenvalue weighted by Crippen LogP contribution is 2.28. The Morgan fingerprint density at radius 2 is 1.77 bits per heavy atom. The summed E-state index contributed by atoms with van der Waals surface area (Å²) < 4.78 is 19.8. The number of unbranched alkanes of at least 4 members (excludes halogenated alkanes) is 1. The van der Waals surface area contributed by atoms with E-state index < -0.39 is 0 Å². The fraction of sp³-hybridized carbons (Fsp3) is 0.231. The van der Waals surface area contributed by atoms with Crippen LogP contribution in [0.1, 0.15) is 32.0 Å². The highest BCUT2D eigenvalue weighted by Gasteiger charge is 2.08. The first kappa shape index (κ1) is 22.4. The number of aliphatic hydroxyl groups excluding tert-OH is 1. The van der Waals surface area contributed by atoms with Crippen LogP contribution in [-0.2, 0) is 0 Å². The average Bonchev–Trinajstić information content (AvgIpc) is 2.78. The third-order valence-electron chi connectivity index (χ3n) is 4.77. The van der Waals surface area contributed by atoms with Crippen molar-refractivity contribution >= 4 is 6.08 Å². The first-order valence-corrected chi connectivity index (χ1v) is 10.4. The van der Waals surface area contributed by atoms with Gasteiger partial charge in [-0.05, 0) is 55.5 Å². The maximum Gasteiger partial charge on any atom is 0.151 e. The number of nitrogens with zero attached hydrogens (tertiary/aromatic N) is 2. The zero-order valence-corrected chi connectivity index (χ0v) is 17.7. The Bertz CT molecular complexity index is 1010. The van der Waals surface area contributed by atoms with E-state index in [0.29, 0.717) is 23.7 Å². The van der Waals surface area contributed by atoms with Crippen molar-refractivity contribution in [3.8, 4) is 28.0 Å². The molecule has 1 heterocycles. The van der Waals surface area contributed by atoms with Gasteiger partial charge in [-0.15, -0.1) is 0 Å². The quantitative estimate of drug-likeness (QED) is 0.320. The van der Waals surface area contributed by atoms with Crippen molar-refractivity contribution in [3.63, 3.8) is 0 Å². The minimum Gasteiger partial charge on any atom is -0.489 e. The van der Waals surface area contributed by atoms with E-state index >= 15 is 0 Å². The lowest BCUT2D eigenvalue weighted by Gasteiger charge is -2.08. The molecule has 0 radical (unpaired) electrons. The third kappa shape index (κ3) is 6.59. The van der Waals surface area contributed by atoms with Gasteiger partial charge < -0.3 is 9.84 Å². The minimum atomic E-state index is -0.331. The molecule has 1 atom stereocenters. The molecule has 5 heteroatoms. The number of aromatic nitrogens is 2. The van der Waals surface area contributed by atoms with Gasteiger partial charge in [0, 0.05) is 29.6 Å². The number of ether oxygens (including phenoxy) is 1. The predicted octanol–water partition coefficient (Wildman–Crippen LogP) is 6.08. The lowest BCUT2D eigenvalue weighted by molar-refractivity contribution is 0.182. The monoisotopic (exact) mass is 418 g/mol. The van der Waals surface area contributed by atoms with Gasteiger partial charge >= 0.3 is 0 Å². The molecule has 0 spiro atoms. The van der Waals surface area contributed by atoms with E-state index in [1.807, 2.05) is 36.4 Å². The van der Waals surface area contributed by atoms with Gasteiger partial charge in [-0.25, -0.2) is 14.4 Å². The van der Waals surface area contributed by atoms with E-state index in [-0.39, 0.29) is 11.9 Å². The summed E-state index contributed by atoms with van der Waals surface area (Å²) in [6, 6.07) is 12.5. The summed E-state index contributed by atoms with van der Waals surface area (Å²) in [6.07, 6.45) is 11.4. The second-order valence-electron chi connectivity index (χ2n) is 7.33. The van der Waals surface area contributed by atoms with Crippen molar-refractivity contribution in [2.45, 2.75) is 32.3 Å². The number of aliphatic hydroxyl groups is 1. The number of hydrogen-bond donors (Lipinski definition) is 1. The van der Waals surface area contributed by atoms with Crippen molar-refractivity contribution in [3.05, 3.63) is 85.2 Å². The molecule has 0 fully saturated rings. The van der Waals surface area contributed by atoms with Crippen LogP contribution in [0.5, 0.6) is 5.75 Å². The van der Waals surface area contributed by atoms with Crippen LogP contribution in [0.25, 0.3) is 28.3 Å². The fourth-order valence-corrected chi connectivity index (χ4v) is 3.11. The highest BCUT2D eigenvalue weighted by molar-refractivity contribution is 5.70. The lowest BCUT2D eigenvalue weighted by Crippen LogP contribution is -1.97. The van der Waals surface area contributed by atoms with Gasteiger partial charge in [0.05, 0.1) is 6.10 Å². The van der Waals surface area contributed by atoms with Crippen molar-refractivity contribution < 1.29 is 14.2 Å². The van der Waals surface area contributed by atoms with Gasteiger partial charge in [-0.2, -0.15) is 0 Å². The summed E-state index contributed by atoms with van der Waals surface area (Å²) in [6.45, 7) is 5.72. The molecule has 160 valence electrons. The summed E-state index contributed by atoms with van der Waals surface area (Å²) in [5.41, 5.74) is 3.16. The molecule has 3 aromatic rings. The van der Waals surface area contributed by atoms with Crippen LogP contribution in [0.3, 0.4) is 0 Å². The van der Waals surface area contributed by atoms with Gasteiger partial charge in [0.15, 0.2) is 5.82 Å². The average molecular weight is 419 g/mol. The molecule has 0 aliphatic carbocycles. The predicted molar refractivity (Wildman–Crippen MR) is 123 cm³/mol. The number of hydrogen-bond acceptors (Lipinski definition) is 4. The smallest absolute Gasteiger partial charge is 0.151 e. The number of halogens is 1. The van der Waals surface area contributed by atoms with Crippen LogP contribution < -0.4 is 4.74 Å². The molecule has 0 bridgehead atoms. The fourth-order valence-electron chi connectivity index (χ4n) is 3.11. The van der Waals surface area contributed by atoms with Gasteiger partial charge in [0.1, 0.15) is 18.2 Å². The number of benzene rings is 2. The highest BCUT2D eigenvalue weighted by atomic mass is 19.1. The number of allylic oxidation sites excluding steroid dienone is 1. The summed E-state index contributed by atoms with van der Waals surface area (Å²) >= 11 is 0. The van der Waals surface area contributed by atoms with Crippen molar-refractivity contribution in [2.24, 2.45) is 0 Å². The van der Waals surface area contributed by atoms with E-state index in [0.717, 1.165) is 36.0 Å². The SMILES string of the molecule is C=CCOc1ccc(-c2ccc(-c3cnc(/C=C/CCCC(C)O)nc3)cc2)c(F)c1. The molecule has 3 rings (SSSR count). The van der Waals surface area contributed by atoms with Crippen LogP contribution in [0.15, 0.2) is 73.6 Å². The maximum absolute atomic E-state index is 14.5. The van der Waals surface area contributed by atoms with E-state index in [4.69, 9.17) is 4.74 Å². The Morgan fingerprint density at radius 3 is 2.42 bits per heavy atom. The molecule has 0 saturated heterocycles. The topological polar surface area (TPSA) is 55.2 Å². The molecule has 1 N–H and O–H groups in total. The van der Waals surface area contributed by atoms with E-state index in [9.17, 15) is 9.50 Å². The Labute approximate surface area is 182 Å². The molecule has 0 amide bonds. The Balaban J connectivity index is 1.65. The Hall–Kier alpha value is -3.31. The minimum absolute atomic E-state index is 0.262. The van der Waals surface area contributed by atoms with Gasteiger partial charge in [-0.3, -0.25) is 0 Å². The van der Waals surface area contributed by atoms with Crippen molar-refractivity contribution in [1.29, 1.82) is 0 Å². The normalized spacial score (nSPS) is 12.1. The first-order valence-electron chi connectivity index (χ1n) is 10.4. The third-order valence-corrected chi connectivity index (χ3v) is 4.77.